The zero-order chi connectivity index (χ0) is 13.5. The molecule has 0 saturated heterocycles. The van der Waals surface area contributed by atoms with Gasteiger partial charge in [-0.05, 0) is 37.1 Å². The van der Waals surface area contributed by atoms with Crippen LogP contribution in [0.15, 0.2) is 36.9 Å². The van der Waals surface area contributed by atoms with Crippen molar-refractivity contribution in [2.45, 2.75) is 39.3 Å². The highest BCUT2D eigenvalue weighted by molar-refractivity contribution is 5.23. The van der Waals surface area contributed by atoms with Crippen LogP contribution in [0, 0.1) is 0 Å². The molecule has 1 N–H and O–H groups in total. The van der Waals surface area contributed by atoms with Crippen molar-refractivity contribution in [3.63, 3.8) is 0 Å². The highest BCUT2D eigenvalue weighted by Gasteiger charge is 2.17. The van der Waals surface area contributed by atoms with Crippen LogP contribution < -0.4 is 5.32 Å². The summed E-state index contributed by atoms with van der Waals surface area (Å²) in [5.74, 6) is 1.08. The van der Waals surface area contributed by atoms with Gasteiger partial charge in [0.15, 0.2) is 0 Å². The van der Waals surface area contributed by atoms with E-state index in [1.54, 1.807) is 0 Å². The Hall–Kier alpha value is -1.68. The quantitative estimate of drug-likeness (QED) is 0.830. The van der Waals surface area contributed by atoms with Gasteiger partial charge in [0.2, 0.25) is 0 Å². The fourth-order valence-electron chi connectivity index (χ4n) is 2.21. The minimum Gasteiger partial charge on any atom is -0.333 e. The van der Waals surface area contributed by atoms with Crippen LogP contribution in [-0.4, -0.2) is 21.1 Å². The SMILES string of the molecule is CCCNC(c1ccncc1)c1nccn1CCC. The standard InChI is InChI=1S/C15H22N4/c1-3-7-17-14(13-5-8-16-9-6-13)15-18-10-12-19(15)11-4-2/h5-6,8-10,12,14,17H,3-4,7,11H2,1-2H3. The third-order valence-electron chi connectivity index (χ3n) is 3.11. The molecule has 4 nitrogen and oxygen atoms in total. The lowest BCUT2D eigenvalue weighted by molar-refractivity contribution is 0.530. The maximum absolute atomic E-state index is 4.54. The summed E-state index contributed by atoms with van der Waals surface area (Å²) in [4.78, 5) is 8.64. The third-order valence-corrected chi connectivity index (χ3v) is 3.11. The zero-order valence-corrected chi connectivity index (χ0v) is 11.7. The van der Waals surface area contributed by atoms with Gasteiger partial charge in [0, 0.05) is 31.3 Å². The molecule has 4 heteroatoms. The first kappa shape index (κ1) is 13.7. The number of aromatic nitrogens is 3. The predicted molar refractivity (Wildman–Crippen MR) is 76.9 cm³/mol. The molecule has 0 aliphatic heterocycles. The molecule has 2 rings (SSSR count). The van der Waals surface area contributed by atoms with Gasteiger partial charge in [0.1, 0.15) is 5.82 Å². The summed E-state index contributed by atoms with van der Waals surface area (Å²) in [6.45, 7) is 6.34. The summed E-state index contributed by atoms with van der Waals surface area (Å²) in [5.41, 5.74) is 1.21. The molecule has 0 aliphatic carbocycles. The summed E-state index contributed by atoms with van der Waals surface area (Å²) in [7, 11) is 0. The molecule has 0 radical (unpaired) electrons. The second kappa shape index (κ2) is 7.04. The van der Waals surface area contributed by atoms with E-state index in [1.807, 2.05) is 18.6 Å². The van der Waals surface area contributed by atoms with E-state index in [4.69, 9.17) is 0 Å². The Bertz CT molecular complexity index is 478. The van der Waals surface area contributed by atoms with Crippen LogP contribution >= 0.6 is 0 Å². The smallest absolute Gasteiger partial charge is 0.130 e. The van der Waals surface area contributed by atoms with Crippen molar-refractivity contribution < 1.29 is 0 Å². The van der Waals surface area contributed by atoms with Crippen molar-refractivity contribution in [3.05, 3.63) is 48.3 Å². The molecule has 0 spiro atoms. The van der Waals surface area contributed by atoms with E-state index in [9.17, 15) is 0 Å². The van der Waals surface area contributed by atoms with Crippen molar-refractivity contribution in [2.24, 2.45) is 0 Å². The van der Waals surface area contributed by atoms with Gasteiger partial charge in [-0.1, -0.05) is 13.8 Å². The lowest BCUT2D eigenvalue weighted by Crippen LogP contribution is -2.26. The van der Waals surface area contributed by atoms with E-state index >= 15 is 0 Å². The Labute approximate surface area is 114 Å². The maximum atomic E-state index is 4.54. The molecule has 2 aromatic rings. The zero-order valence-electron chi connectivity index (χ0n) is 11.7. The van der Waals surface area contributed by atoms with Crippen LogP contribution in [0.2, 0.25) is 0 Å². The predicted octanol–water partition coefficient (Wildman–Crippen LogP) is 2.78. The molecule has 0 aromatic carbocycles. The number of imidazole rings is 1. The van der Waals surface area contributed by atoms with Gasteiger partial charge >= 0.3 is 0 Å². The summed E-state index contributed by atoms with van der Waals surface area (Å²) < 4.78 is 2.23. The molecule has 2 aromatic heterocycles. The molecular weight excluding hydrogens is 236 g/mol. The van der Waals surface area contributed by atoms with Crippen molar-refractivity contribution in [1.29, 1.82) is 0 Å². The molecular formula is C15H22N4. The van der Waals surface area contributed by atoms with Gasteiger partial charge < -0.3 is 9.88 Å². The van der Waals surface area contributed by atoms with Crippen LogP contribution in [0.25, 0.3) is 0 Å². The number of nitrogens with one attached hydrogen (secondary N) is 1. The first-order chi connectivity index (χ1) is 9.36. The van der Waals surface area contributed by atoms with E-state index in [0.29, 0.717) is 0 Å². The number of hydrogen-bond donors (Lipinski definition) is 1. The van der Waals surface area contributed by atoms with Gasteiger partial charge in [0.25, 0.3) is 0 Å². The number of pyridine rings is 1. The Morgan fingerprint density at radius 2 is 1.95 bits per heavy atom. The van der Waals surface area contributed by atoms with E-state index in [2.05, 4.69) is 52.0 Å². The summed E-state index contributed by atoms with van der Waals surface area (Å²) in [6, 6.07) is 4.25. The fourth-order valence-corrected chi connectivity index (χ4v) is 2.21. The van der Waals surface area contributed by atoms with Gasteiger partial charge in [-0.25, -0.2) is 4.98 Å². The van der Waals surface area contributed by atoms with Crippen molar-refractivity contribution in [2.75, 3.05) is 6.54 Å². The Balaban J connectivity index is 2.29. The molecule has 2 heterocycles. The normalized spacial score (nSPS) is 12.5. The number of hydrogen-bond acceptors (Lipinski definition) is 3. The lowest BCUT2D eigenvalue weighted by Gasteiger charge is -2.19. The number of rotatable bonds is 7. The Kier molecular flexibility index (Phi) is 5.10. The number of nitrogens with zero attached hydrogens (tertiary/aromatic N) is 3. The van der Waals surface area contributed by atoms with Gasteiger partial charge in [-0.2, -0.15) is 0 Å². The molecule has 0 aliphatic rings. The highest BCUT2D eigenvalue weighted by Crippen LogP contribution is 2.20. The lowest BCUT2D eigenvalue weighted by atomic mass is 10.1. The largest absolute Gasteiger partial charge is 0.333 e. The second-order valence-corrected chi connectivity index (χ2v) is 4.65. The molecule has 0 amide bonds. The average Bonchev–Trinajstić information content (AvgIpc) is 2.89. The minimum absolute atomic E-state index is 0.143. The highest BCUT2D eigenvalue weighted by atomic mass is 15.1. The molecule has 102 valence electrons. The molecule has 0 saturated carbocycles. The van der Waals surface area contributed by atoms with Crippen molar-refractivity contribution in [1.82, 2.24) is 19.9 Å². The van der Waals surface area contributed by atoms with E-state index < -0.39 is 0 Å². The Morgan fingerprint density at radius 3 is 2.63 bits per heavy atom. The van der Waals surface area contributed by atoms with Crippen molar-refractivity contribution in [3.8, 4) is 0 Å². The van der Waals surface area contributed by atoms with Crippen LogP contribution in [0.3, 0.4) is 0 Å². The van der Waals surface area contributed by atoms with Gasteiger partial charge in [0.05, 0.1) is 6.04 Å². The van der Waals surface area contributed by atoms with E-state index in [0.717, 1.165) is 31.8 Å². The van der Waals surface area contributed by atoms with E-state index in [-0.39, 0.29) is 6.04 Å². The first-order valence-corrected chi connectivity index (χ1v) is 7.01. The number of aryl methyl sites for hydroxylation is 1. The summed E-state index contributed by atoms with van der Waals surface area (Å²) in [5, 5.41) is 3.58. The van der Waals surface area contributed by atoms with Crippen LogP contribution in [0.1, 0.15) is 44.1 Å². The average molecular weight is 258 g/mol. The van der Waals surface area contributed by atoms with Crippen LogP contribution in [0.4, 0.5) is 0 Å². The van der Waals surface area contributed by atoms with Gasteiger partial charge in [-0.15, -0.1) is 0 Å². The molecule has 0 bridgehead atoms. The first-order valence-electron chi connectivity index (χ1n) is 7.01. The van der Waals surface area contributed by atoms with Crippen LogP contribution in [-0.2, 0) is 6.54 Å². The maximum Gasteiger partial charge on any atom is 0.130 e. The monoisotopic (exact) mass is 258 g/mol. The van der Waals surface area contributed by atoms with Gasteiger partial charge in [-0.3, -0.25) is 4.98 Å². The molecule has 19 heavy (non-hydrogen) atoms. The minimum atomic E-state index is 0.143. The second-order valence-electron chi connectivity index (χ2n) is 4.65. The molecule has 1 atom stereocenters. The third kappa shape index (κ3) is 3.41. The van der Waals surface area contributed by atoms with Crippen LogP contribution in [0.5, 0.6) is 0 Å². The topological polar surface area (TPSA) is 42.7 Å². The van der Waals surface area contributed by atoms with Crippen molar-refractivity contribution >= 4 is 0 Å². The van der Waals surface area contributed by atoms with E-state index in [1.165, 1.54) is 5.56 Å². The summed E-state index contributed by atoms with van der Waals surface area (Å²) >= 11 is 0. The summed E-state index contributed by atoms with van der Waals surface area (Å²) in [6.07, 6.45) is 9.83. The fraction of sp³-hybridized carbons (Fsp3) is 0.467. The molecule has 1 unspecified atom stereocenters. The molecule has 0 fully saturated rings. The Morgan fingerprint density at radius 1 is 1.16 bits per heavy atom.